The Balaban J connectivity index is 1.80. The summed E-state index contributed by atoms with van der Waals surface area (Å²) in [5.41, 5.74) is 9.08. The molecule has 0 aliphatic carbocycles. The Morgan fingerprint density at radius 2 is 1.83 bits per heavy atom. The van der Waals surface area contributed by atoms with Crippen molar-refractivity contribution in [3.8, 4) is 11.1 Å². The number of amides is 2. The lowest BCUT2D eigenvalue weighted by Crippen LogP contribution is -2.48. The molecule has 0 aromatic heterocycles. The van der Waals surface area contributed by atoms with Gasteiger partial charge in [-0.3, -0.25) is 9.59 Å². The monoisotopic (exact) mass is 307 g/mol. The van der Waals surface area contributed by atoms with Crippen LogP contribution in [0.15, 0.2) is 48.5 Å². The number of carbonyl (C=O) groups excluding carboxylic acids is 2. The molecule has 5 heteroatoms. The van der Waals surface area contributed by atoms with Crippen molar-refractivity contribution >= 4 is 17.5 Å². The number of hydrogen-bond donors (Lipinski definition) is 2. The maximum Gasteiger partial charge on any atom is 0.256 e. The summed E-state index contributed by atoms with van der Waals surface area (Å²) in [6, 6.07) is 14.5. The van der Waals surface area contributed by atoms with Crippen LogP contribution in [-0.2, 0) is 4.79 Å². The van der Waals surface area contributed by atoms with Crippen LogP contribution in [0.5, 0.6) is 0 Å². The Bertz CT molecular complexity index is 788. The van der Waals surface area contributed by atoms with Gasteiger partial charge in [0.1, 0.15) is 6.04 Å². The summed E-state index contributed by atoms with van der Waals surface area (Å²) in [6.07, 6.45) is 0.650. The number of hydrogen-bond acceptors (Lipinski definition) is 3. The van der Waals surface area contributed by atoms with Crippen LogP contribution in [0.2, 0.25) is 0 Å². The predicted octanol–water partition coefficient (Wildman–Crippen LogP) is 1.85. The van der Waals surface area contributed by atoms with E-state index >= 15 is 0 Å². The SMILES string of the molecule is N[C@H]1CCN2C(=O)c3cc(-c4ccccc4)ccc3NC(=O)[C@H]12. The van der Waals surface area contributed by atoms with Crippen LogP contribution in [0.4, 0.5) is 5.69 Å². The molecule has 2 aromatic carbocycles. The van der Waals surface area contributed by atoms with Gasteiger partial charge in [0.15, 0.2) is 0 Å². The Labute approximate surface area is 134 Å². The Kier molecular flexibility index (Phi) is 3.16. The largest absolute Gasteiger partial charge is 0.325 e. The maximum atomic E-state index is 12.9. The van der Waals surface area contributed by atoms with Gasteiger partial charge in [-0.1, -0.05) is 36.4 Å². The zero-order chi connectivity index (χ0) is 16.0. The summed E-state index contributed by atoms with van der Waals surface area (Å²) < 4.78 is 0. The van der Waals surface area contributed by atoms with Crippen molar-refractivity contribution in [1.82, 2.24) is 4.90 Å². The molecule has 0 saturated carbocycles. The molecule has 116 valence electrons. The first kappa shape index (κ1) is 14.0. The third kappa shape index (κ3) is 2.21. The zero-order valence-electron chi connectivity index (χ0n) is 12.5. The first-order valence-corrected chi connectivity index (χ1v) is 7.72. The Morgan fingerprint density at radius 1 is 1.04 bits per heavy atom. The van der Waals surface area contributed by atoms with Crippen LogP contribution >= 0.6 is 0 Å². The number of carbonyl (C=O) groups is 2. The van der Waals surface area contributed by atoms with Gasteiger partial charge in [-0.15, -0.1) is 0 Å². The Morgan fingerprint density at radius 3 is 2.61 bits per heavy atom. The first-order chi connectivity index (χ1) is 11.1. The van der Waals surface area contributed by atoms with Crippen LogP contribution in [0.1, 0.15) is 16.8 Å². The van der Waals surface area contributed by atoms with E-state index in [1.165, 1.54) is 0 Å². The molecular weight excluding hydrogens is 290 g/mol. The van der Waals surface area contributed by atoms with Gasteiger partial charge in [0, 0.05) is 12.6 Å². The van der Waals surface area contributed by atoms with Crippen LogP contribution in [-0.4, -0.2) is 35.3 Å². The van der Waals surface area contributed by atoms with E-state index in [0.717, 1.165) is 11.1 Å². The minimum Gasteiger partial charge on any atom is -0.325 e. The summed E-state index contributed by atoms with van der Waals surface area (Å²) in [5, 5.41) is 2.85. The molecule has 23 heavy (non-hydrogen) atoms. The molecule has 4 rings (SSSR count). The van der Waals surface area contributed by atoms with Crippen LogP contribution in [0, 0.1) is 0 Å². The van der Waals surface area contributed by atoms with E-state index in [0.29, 0.717) is 24.2 Å². The molecule has 3 N–H and O–H groups in total. The van der Waals surface area contributed by atoms with Gasteiger partial charge in [-0.2, -0.15) is 0 Å². The second-order valence-corrected chi connectivity index (χ2v) is 6.01. The average Bonchev–Trinajstić information content (AvgIpc) is 2.92. The summed E-state index contributed by atoms with van der Waals surface area (Å²) in [4.78, 5) is 26.9. The van der Waals surface area contributed by atoms with Gasteiger partial charge in [0.05, 0.1) is 11.3 Å². The molecule has 2 amide bonds. The van der Waals surface area contributed by atoms with E-state index in [9.17, 15) is 9.59 Å². The van der Waals surface area contributed by atoms with E-state index in [2.05, 4.69) is 5.32 Å². The lowest BCUT2D eigenvalue weighted by Gasteiger charge is -2.22. The molecule has 1 fully saturated rings. The summed E-state index contributed by atoms with van der Waals surface area (Å²) in [5.74, 6) is -0.330. The summed E-state index contributed by atoms with van der Waals surface area (Å²) >= 11 is 0. The second-order valence-electron chi connectivity index (χ2n) is 6.01. The molecule has 2 heterocycles. The second kappa shape index (κ2) is 5.21. The molecule has 2 aliphatic rings. The molecule has 5 nitrogen and oxygen atoms in total. The van der Waals surface area contributed by atoms with Crippen LogP contribution in [0.25, 0.3) is 11.1 Å². The topological polar surface area (TPSA) is 75.4 Å². The molecule has 0 radical (unpaired) electrons. The lowest BCUT2D eigenvalue weighted by atomic mass is 10.0. The summed E-state index contributed by atoms with van der Waals surface area (Å²) in [6.45, 7) is 0.521. The van der Waals surface area contributed by atoms with Crippen molar-refractivity contribution in [2.75, 3.05) is 11.9 Å². The molecule has 2 aliphatic heterocycles. The van der Waals surface area contributed by atoms with Gasteiger partial charge >= 0.3 is 0 Å². The number of nitrogens with one attached hydrogen (secondary N) is 1. The highest BCUT2D eigenvalue weighted by atomic mass is 16.2. The predicted molar refractivity (Wildman–Crippen MR) is 87.9 cm³/mol. The number of rotatable bonds is 1. The van der Waals surface area contributed by atoms with Gasteiger partial charge in [-0.25, -0.2) is 0 Å². The van der Waals surface area contributed by atoms with Gasteiger partial charge < -0.3 is 16.0 Å². The smallest absolute Gasteiger partial charge is 0.256 e. The highest BCUT2D eigenvalue weighted by Crippen LogP contribution is 2.31. The summed E-state index contributed by atoms with van der Waals surface area (Å²) in [7, 11) is 0. The minimum atomic E-state index is -0.574. The fourth-order valence-electron chi connectivity index (χ4n) is 3.38. The van der Waals surface area contributed by atoms with E-state index < -0.39 is 6.04 Å². The molecular formula is C18H17N3O2. The quantitative estimate of drug-likeness (QED) is 0.844. The number of fused-ring (bicyclic) bond motifs is 2. The average molecular weight is 307 g/mol. The third-order valence-electron chi connectivity index (χ3n) is 4.59. The van der Waals surface area contributed by atoms with Gasteiger partial charge in [0.2, 0.25) is 5.91 Å². The molecule has 2 atom stereocenters. The van der Waals surface area contributed by atoms with E-state index in [1.54, 1.807) is 11.0 Å². The fourth-order valence-corrected chi connectivity index (χ4v) is 3.38. The molecule has 1 saturated heterocycles. The van der Waals surface area contributed by atoms with Crippen molar-refractivity contribution in [3.63, 3.8) is 0 Å². The van der Waals surface area contributed by atoms with E-state index in [1.807, 2.05) is 42.5 Å². The van der Waals surface area contributed by atoms with Gasteiger partial charge in [0.25, 0.3) is 5.91 Å². The van der Waals surface area contributed by atoms with Crippen molar-refractivity contribution in [3.05, 3.63) is 54.1 Å². The number of anilines is 1. The van der Waals surface area contributed by atoms with Crippen LogP contribution in [0.3, 0.4) is 0 Å². The van der Waals surface area contributed by atoms with E-state index in [4.69, 9.17) is 5.73 Å². The highest BCUT2D eigenvalue weighted by Gasteiger charge is 2.43. The number of nitrogens with zero attached hydrogens (tertiary/aromatic N) is 1. The number of nitrogens with two attached hydrogens (primary N) is 1. The third-order valence-corrected chi connectivity index (χ3v) is 4.59. The zero-order valence-corrected chi connectivity index (χ0v) is 12.5. The highest BCUT2D eigenvalue weighted by molar-refractivity contribution is 6.11. The maximum absolute atomic E-state index is 12.9. The van der Waals surface area contributed by atoms with Crippen molar-refractivity contribution in [1.29, 1.82) is 0 Å². The fraction of sp³-hybridized carbons (Fsp3) is 0.222. The standard InChI is InChI=1S/C18H17N3O2/c19-14-8-9-21-16(14)17(22)20-15-7-6-12(10-13(15)18(21)23)11-4-2-1-3-5-11/h1-7,10,14,16H,8-9,19H2,(H,20,22)/t14-,16-/m0/s1. The molecule has 2 aromatic rings. The lowest BCUT2D eigenvalue weighted by molar-refractivity contribution is -0.119. The van der Waals surface area contributed by atoms with Crippen molar-refractivity contribution in [2.45, 2.75) is 18.5 Å². The minimum absolute atomic E-state index is 0.130. The molecule has 0 spiro atoms. The van der Waals surface area contributed by atoms with Gasteiger partial charge in [-0.05, 0) is 29.7 Å². The van der Waals surface area contributed by atoms with Crippen molar-refractivity contribution in [2.24, 2.45) is 5.73 Å². The normalized spacial score (nSPS) is 23.1. The molecule has 0 unspecified atom stereocenters. The Hall–Kier alpha value is -2.66. The van der Waals surface area contributed by atoms with Crippen molar-refractivity contribution < 1.29 is 9.59 Å². The first-order valence-electron chi connectivity index (χ1n) is 7.72. The number of benzene rings is 2. The van der Waals surface area contributed by atoms with Crippen LogP contribution < -0.4 is 11.1 Å². The molecule has 0 bridgehead atoms. The van der Waals surface area contributed by atoms with E-state index in [-0.39, 0.29) is 17.9 Å².